The highest BCUT2D eigenvalue weighted by Crippen LogP contribution is 2.41. The molecule has 0 fully saturated rings. The zero-order valence-corrected chi connectivity index (χ0v) is 14.5. The summed E-state index contributed by atoms with van der Waals surface area (Å²) in [4.78, 5) is 12.1. The van der Waals surface area contributed by atoms with Gasteiger partial charge in [0.25, 0.3) is 0 Å². The summed E-state index contributed by atoms with van der Waals surface area (Å²) in [5.41, 5.74) is 0.116. The SMILES string of the molecule is CCCCCCC(C)(CCCCC)C(CC)C(=O)OC. The monoisotopic (exact) mass is 284 g/mol. The van der Waals surface area contributed by atoms with Crippen LogP contribution in [0.3, 0.4) is 0 Å². The van der Waals surface area contributed by atoms with Gasteiger partial charge in [-0.15, -0.1) is 0 Å². The maximum Gasteiger partial charge on any atom is 0.309 e. The highest BCUT2D eigenvalue weighted by molar-refractivity contribution is 5.73. The highest BCUT2D eigenvalue weighted by Gasteiger charge is 2.37. The number of esters is 1. The van der Waals surface area contributed by atoms with Crippen LogP contribution < -0.4 is 0 Å². The molecule has 0 saturated heterocycles. The van der Waals surface area contributed by atoms with E-state index in [1.54, 1.807) is 0 Å². The summed E-state index contributed by atoms with van der Waals surface area (Å²) in [6.07, 6.45) is 12.0. The molecule has 0 aromatic carbocycles. The van der Waals surface area contributed by atoms with E-state index >= 15 is 0 Å². The molecule has 0 aliphatic heterocycles. The summed E-state index contributed by atoms with van der Waals surface area (Å²) >= 11 is 0. The first-order valence-electron chi connectivity index (χ1n) is 8.63. The van der Waals surface area contributed by atoms with Gasteiger partial charge in [0, 0.05) is 0 Å². The smallest absolute Gasteiger partial charge is 0.309 e. The molecule has 2 nitrogen and oxygen atoms in total. The molecule has 20 heavy (non-hydrogen) atoms. The van der Waals surface area contributed by atoms with Gasteiger partial charge in [0.15, 0.2) is 0 Å². The van der Waals surface area contributed by atoms with Crippen molar-refractivity contribution in [3.05, 3.63) is 0 Å². The Morgan fingerprint density at radius 3 is 1.90 bits per heavy atom. The van der Waals surface area contributed by atoms with E-state index in [1.165, 1.54) is 52.1 Å². The Labute approximate surface area is 126 Å². The summed E-state index contributed by atoms with van der Waals surface area (Å²) in [6, 6.07) is 0. The van der Waals surface area contributed by atoms with Crippen molar-refractivity contribution in [3.8, 4) is 0 Å². The molecule has 2 unspecified atom stereocenters. The highest BCUT2D eigenvalue weighted by atomic mass is 16.5. The van der Waals surface area contributed by atoms with Gasteiger partial charge in [-0.05, 0) is 24.7 Å². The van der Waals surface area contributed by atoms with Crippen LogP contribution in [0.5, 0.6) is 0 Å². The van der Waals surface area contributed by atoms with Gasteiger partial charge in [0.05, 0.1) is 13.0 Å². The van der Waals surface area contributed by atoms with E-state index in [2.05, 4.69) is 27.7 Å². The van der Waals surface area contributed by atoms with Crippen LogP contribution in [0.15, 0.2) is 0 Å². The maximum absolute atomic E-state index is 12.1. The van der Waals surface area contributed by atoms with Crippen LogP contribution in [0.25, 0.3) is 0 Å². The second-order valence-corrected chi connectivity index (χ2v) is 6.41. The molecule has 0 aromatic rings. The normalized spacial score (nSPS) is 15.7. The average molecular weight is 284 g/mol. The molecule has 0 radical (unpaired) electrons. The minimum absolute atomic E-state index is 0.0120. The van der Waals surface area contributed by atoms with Crippen LogP contribution in [0.2, 0.25) is 0 Å². The molecule has 2 atom stereocenters. The number of hydrogen-bond donors (Lipinski definition) is 0. The van der Waals surface area contributed by atoms with E-state index in [0.717, 1.165) is 19.3 Å². The Balaban J connectivity index is 4.67. The van der Waals surface area contributed by atoms with Crippen LogP contribution in [0.4, 0.5) is 0 Å². The number of carbonyl (C=O) groups is 1. The lowest BCUT2D eigenvalue weighted by Gasteiger charge is -2.36. The van der Waals surface area contributed by atoms with Gasteiger partial charge in [-0.1, -0.05) is 72.6 Å². The molecule has 0 spiro atoms. The molecule has 0 amide bonds. The summed E-state index contributed by atoms with van der Waals surface area (Å²) in [5.74, 6) is 0.0490. The molecule has 0 rings (SSSR count). The standard InChI is InChI=1S/C18H36O2/c1-6-9-11-13-15-18(4,14-12-10-7-2)16(8-3)17(19)20-5/h16H,6-15H2,1-5H3. The topological polar surface area (TPSA) is 26.3 Å². The number of rotatable bonds is 12. The summed E-state index contributed by atoms with van der Waals surface area (Å²) in [7, 11) is 1.52. The van der Waals surface area contributed by atoms with E-state index < -0.39 is 0 Å². The molecule has 0 heterocycles. The second kappa shape index (κ2) is 11.2. The lowest BCUT2D eigenvalue weighted by molar-refractivity contribution is -0.151. The fourth-order valence-electron chi connectivity index (χ4n) is 3.29. The maximum atomic E-state index is 12.1. The molecule has 0 aliphatic carbocycles. The Bertz CT molecular complexity index is 250. The Morgan fingerprint density at radius 1 is 0.950 bits per heavy atom. The molecule has 0 bridgehead atoms. The van der Waals surface area contributed by atoms with Crippen molar-refractivity contribution < 1.29 is 9.53 Å². The van der Waals surface area contributed by atoms with Crippen LogP contribution in [-0.4, -0.2) is 13.1 Å². The van der Waals surface area contributed by atoms with Crippen molar-refractivity contribution in [3.63, 3.8) is 0 Å². The molecular weight excluding hydrogens is 248 g/mol. The van der Waals surface area contributed by atoms with Crippen molar-refractivity contribution in [1.29, 1.82) is 0 Å². The van der Waals surface area contributed by atoms with Gasteiger partial charge in [0.2, 0.25) is 0 Å². The van der Waals surface area contributed by atoms with E-state index in [1.807, 2.05) is 0 Å². The fraction of sp³-hybridized carbons (Fsp3) is 0.944. The number of ether oxygens (including phenoxy) is 1. The van der Waals surface area contributed by atoms with Crippen molar-refractivity contribution in [2.75, 3.05) is 7.11 Å². The van der Waals surface area contributed by atoms with Gasteiger partial charge in [0.1, 0.15) is 0 Å². The summed E-state index contributed by atoms with van der Waals surface area (Å²) in [5, 5.41) is 0. The van der Waals surface area contributed by atoms with Gasteiger partial charge < -0.3 is 4.74 Å². The van der Waals surface area contributed by atoms with E-state index in [-0.39, 0.29) is 17.3 Å². The fourth-order valence-corrected chi connectivity index (χ4v) is 3.29. The van der Waals surface area contributed by atoms with Crippen molar-refractivity contribution in [2.45, 2.75) is 91.9 Å². The van der Waals surface area contributed by atoms with E-state index in [0.29, 0.717) is 0 Å². The number of hydrogen-bond acceptors (Lipinski definition) is 2. The van der Waals surface area contributed by atoms with Crippen molar-refractivity contribution >= 4 is 5.97 Å². The number of unbranched alkanes of at least 4 members (excludes halogenated alkanes) is 5. The predicted octanol–water partition coefficient (Wildman–Crippen LogP) is 5.74. The Hall–Kier alpha value is -0.530. The van der Waals surface area contributed by atoms with E-state index in [9.17, 15) is 4.79 Å². The molecule has 0 N–H and O–H groups in total. The van der Waals surface area contributed by atoms with Gasteiger partial charge >= 0.3 is 5.97 Å². The zero-order chi connectivity index (χ0) is 15.4. The average Bonchev–Trinajstić information content (AvgIpc) is 2.44. The third-order valence-corrected chi connectivity index (χ3v) is 4.69. The predicted molar refractivity (Wildman–Crippen MR) is 86.8 cm³/mol. The Morgan fingerprint density at radius 2 is 1.45 bits per heavy atom. The molecule has 0 aromatic heterocycles. The molecule has 120 valence electrons. The number of carbonyl (C=O) groups excluding carboxylic acids is 1. The molecule has 2 heteroatoms. The first-order chi connectivity index (χ1) is 9.55. The van der Waals surface area contributed by atoms with Crippen LogP contribution >= 0.6 is 0 Å². The van der Waals surface area contributed by atoms with Gasteiger partial charge in [-0.3, -0.25) is 4.79 Å². The first-order valence-corrected chi connectivity index (χ1v) is 8.63. The minimum atomic E-state index is -0.0120. The van der Waals surface area contributed by atoms with Crippen LogP contribution in [0, 0.1) is 11.3 Å². The van der Waals surface area contributed by atoms with Gasteiger partial charge in [-0.25, -0.2) is 0 Å². The minimum Gasteiger partial charge on any atom is -0.469 e. The molecular formula is C18H36O2. The Kier molecular flexibility index (Phi) is 10.9. The third kappa shape index (κ3) is 6.76. The largest absolute Gasteiger partial charge is 0.469 e. The zero-order valence-electron chi connectivity index (χ0n) is 14.5. The van der Waals surface area contributed by atoms with Gasteiger partial charge in [-0.2, -0.15) is 0 Å². The lowest BCUT2D eigenvalue weighted by Crippen LogP contribution is -2.34. The third-order valence-electron chi connectivity index (χ3n) is 4.69. The number of methoxy groups -OCH3 is 1. The second-order valence-electron chi connectivity index (χ2n) is 6.41. The van der Waals surface area contributed by atoms with Crippen LogP contribution in [0.1, 0.15) is 91.9 Å². The summed E-state index contributed by atoms with van der Waals surface area (Å²) < 4.78 is 5.04. The first kappa shape index (κ1) is 19.5. The molecule has 0 saturated carbocycles. The molecule has 0 aliphatic rings. The summed E-state index contributed by atoms with van der Waals surface area (Å²) in [6.45, 7) is 8.89. The quantitative estimate of drug-likeness (QED) is 0.337. The van der Waals surface area contributed by atoms with E-state index in [4.69, 9.17) is 4.74 Å². The van der Waals surface area contributed by atoms with Crippen LogP contribution in [-0.2, 0) is 9.53 Å². The lowest BCUT2D eigenvalue weighted by atomic mass is 9.69. The van der Waals surface area contributed by atoms with Crippen molar-refractivity contribution in [1.82, 2.24) is 0 Å². The van der Waals surface area contributed by atoms with Crippen molar-refractivity contribution in [2.24, 2.45) is 11.3 Å².